The van der Waals surface area contributed by atoms with Crippen LogP contribution in [0, 0.1) is 0 Å². The van der Waals surface area contributed by atoms with Crippen molar-refractivity contribution in [1.29, 1.82) is 0 Å². The number of nitrogens with one attached hydrogen (secondary N) is 1. The van der Waals surface area contributed by atoms with Crippen molar-refractivity contribution in [3.05, 3.63) is 57.7 Å². The van der Waals surface area contributed by atoms with Crippen LogP contribution >= 0.6 is 11.6 Å². The number of amides is 1. The smallest absolute Gasteiger partial charge is 0.253 e. The van der Waals surface area contributed by atoms with E-state index in [2.05, 4.69) is 23.2 Å². The number of aryl methyl sites for hydroxylation is 2. The van der Waals surface area contributed by atoms with Crippen LogP contribution < -0.4 is 10.2 Å². The highest BCUT2D eigenvalue weighted by Crippen LogP contribution is 2.23. The zero-order chi connectivity index (χ0) is 19.2. The number of halogens is 1. The van der Waals surface area contributed by atoms with E-state index in [1.54, 1.807) is 0 Å². The van der Waals surface area contributed by atoms with Crippen LogP contribution in [0.5, 0.6) is 0 Å². The molecule has 1 aromatic heterocycles. The van der Waals surface area contributed by atoms with E-state index in [-0.39, 0.29) is 5.91 Å². The summed E-state index contributed by atoms with van der Waals surface area (Å²) in [7, 11) is 0. The molecule has 0 saturated carbocycles. The van der Waals surface area contributed by atoms with Gasteiger partial charge in [-0.1, -0.05) is 37.6 Å². The molecule has 27 heavy (non-hydrogen) atoms. The number of nitrogens with zero attached hydrogens (tertiary/aromatic N) is 2. The maximum atomic E-state index is 12.9. The average molecular weight is 388 g/mol. The molecule has 0 bridgehead atoms. The third-order valence-corrected chi connectivity index (χ3v) is 5.06. The summed E-state index contributed by atoms with van der Waals surface area (Å²) in [6.07, 6.45) is 1.51. The van der Waals surface area contributed by atoms with Gasteiger partial charge in [0.1, 0.15) is 5.82 Å². The van der Waals surface area contributed by atoms with E-state index >= 15 is 0 Å². The van der Waals surface area contributed by atoms with Crippen molar-refractivity contribution in [3.8, 4) is 0 Å². The molecule has 1 aliphatic heterocycles. The normalized spacial score (nSPS) is 14.3. The minimum Gasteiger partial charge on any atom is -0.378 e. The molecule has 144 valence electrons. The minimum atomic E-state index is -0.0697. The van der Waals surface area contributed by atoms with E-state index in [4.69, 9.17) is 21.3 Å². The molecule has 5 nitrogen and oxygen atoms in total. The van der Waals surface area contributed by atoms with Gasteiger partial charge >= 0.3 is 0 Å². The predicted octanol–water partition coefficient (Wildman–Crippen LogP) is 3.63. The van der Waals surface area contributed by atoms with E-state index in [1.165, 1.54) is 0 Å². The van der Waals surface area contributed by atoms with Crippen LogP contribution in [0.25, 0.3) is 0 Å². The summed E-state index contributed by atoms with van der Waals surface area (Å²) < 4.78 is 5.44. The van der Waals surface area contributed by atoms with Gasteiger partial charge in [-0.3, -0.25) is 4.79 Å². The molecule has 1 aliphatic rings. The van der Waals surface area contributed by atoms with Crippen LogP contribution in [-0.2, 0) is 24.1 Å². The molecule has 0 unspecified atom stereocenters. The predicted molar refractivity (Wildman–Crippen MR) is 109 cm³/mol. The summed E-state index contributed by atoms with van der Waals surface area (Å²) in [6, 6.07) is 9.56. The van der Waals surface area contributed by atoms with Crippen molar-refractivity contribution in [3.63, 3.8) is 0 Å². The first-order valence-electron chi connectivity index (χ1n) is 9.50. The van der Waals surface area contributed by atoms with Gasteiger partial charge in [-0.15, -0.1) is 0 Å². The molecule has 1 N–H and O–H groups in total. The first-order chi connectivity index (χ1) is 13.1. The number of hydrogen-bond acceptors (Lipinski definition) is 4. The number of morpholine rings is 1. The molecule has 0 radical (unpaired) electrons. The second-order valence-electron chi connectivity index (χ2n) is 6.58. The van der Waals surface area contributed by atoms with Gasteiger partial charge in [-0.05, 0) is 42.2 Å². The van der Waals surface area contributed by atoms with Crippen LogP contribution in [0.4, 0.5) is 5.82 Å². The maximum absolute atomic E-state index is 12.9. The molecule has 0 aliphatic carbocycles. The first kappa shape index (κ1) is 19.6. The molecule has 0 spiro atoms. The van der Waals surface area contributed by atoms with Crippen molar-refractivity contribution in [2.75, 3.05) is 31.2 Å². The Balaban J connectivity index is 1.82. The van der Waals surface area contributed by atoms with E-state index < -0.39 is 0 Å². The third-order valence-electron chi connectivity index (χ3n) is 4.81. The number of rotatable bonds is 6. The molecule has 6 heteroatoms. The zero-order valence-corrected chi connectivity index (χ0v) is 16.7. The summed E-state index contributed by atoms with van der Waals surface area (Å²) in [5.74, 6) is 0.876. The van der Waals surface area contributed by atoms with Gasteiger partial charge in [0.25, 0.3) is 5.91 Å². The Morgan fingerprint density at radius 2 is 1.89 bits per heavy atom. The Hall–Kier alpha value is -2.11. The second kappa shape index (κ2) is 9.20. The van der Waals surface area contributed by atoms with Crippen molar-refractivity contribution >= 4 is 23.3 Å². The number of hydrogen-bond donors (Lipinski definition) is 1. The Morgan fingerprint density at radius 3 is 2.52 bits per heavy atom. The Labute approximate surface area is 165 Å². The lowest BCUT2D eigenvalue weighted by molar-refractivity contribution is 0.0948. The molecule has 2 heterocycles. The van der Waals surface area contributed by atoms with E-state index in [9.17, 15) is 4.79 Å². The lowest BCUT2D eigenvalue weighted by atomic mass is 10.0. The molecule has 1 aromatic carbocycles. The molecular weight excluding hydrogens is 362 g/mol. The largest absolute Gasteiger partial charge is 0.378 e. The van der Waals surface area contributed by atoms with E-state index in [0.717, 1.165) is 48.6 Å². The Kier molecular flexibility index (Phi) is 6.69. The van der Waals surface area contributed by atoms with Crippen LogP contribution in [0.1, 0.15) is 41.0 Å². The molecule has 1 saturated heterocycles. The molecule has 0 atom stereocenters. The van der Waals surface area contributed by atoms with Gasteiger partial charge < -0.3 is 15.0 Å². The van der Waals surface area contributed by atoms with E-state index in [0.29, 0.717) is 30.3 Å². The molecule has 1 amide bonds. The summed E-state index contributed by atoms with van der Waals surface area (Å²) in [4.78, 5) is 20.0. The number of benzene rings is 1. The number of carbonyl (C=O) groups excluding carboxylic acids is 1. The van der Waals surface area contributed by atoms with Gasteiger partial charge in [0.05, 0.1) is 24.5 Å². The number of ether oxygens (including phenoxy) is 1. The summed E-state index contributed by atoms with van der Waals surface area (Å²) >= 11 is 5.92. The van der Waals surface area contributed by atoms with Gasteiger partial charge in [0, 0.05) is 24.7 Å². The van der Waals surface area contributed by atoms with Crippen LogP contribution in [0.15, 0.2) is 30.3 Å². The minimum absolute atomic E-state index is 0.0697. The van der Waals surface area contributed by atoms with Gasteiger partial charge in [-0.2, -0.15) is 0 Å². The summed E-state index contributed by atoms with van der Waals surface area (Å²) in [5, 5.41) is 3.72. The molecule has 3 rings (SSSR count). The molecular formula is C21H26ClN3O2. The molecule has 1 fully saturated rings. The van der Waals surface area contributed by atoms with Crippen molar-refractivity contribution in [2.45, 2.75) is 33.2 Å². The Bertz CT molecular complexity index is 762. The number of aromatic nitrogens is 1. The van der Waals surface area contributed by atoms with Crippen molar-refractivity contribution in [2.24, 2.45) is 0 Å². The fourth-order valence-corrected chi connectivity index (χ4v) is 3.40. The number of pyridine rings is 1. The Morgan fingerprint density at radius 1 is 1.19 bits per heavy atom. The van der Waals surface area contributed by atoms with E-state index in [1.807, 2.05) is 31.2 Å². The van der Waals surface area contributed by atoms with Crippen LogP contribution in [-0.4, -0.2) is 37.2 Å². The fraction of sp³-hybridized carbons (Fsp3) is 0.429. The summed E-state index contributed by atoms with van der Waals surface area (Å²) in [5.41, 5.74) is 3.62. The van der Waals surface area contributed by atoms with Crippen molar-refractivity contribution in [1.82, 2.24) is 10.3 Å². The monoisotopic (exact) mass is 387 g/mol. The zero-order valence-electron chi connectivity index (χ0n) is 15.9. The summed E-state index contributed by atoms with van der Waals surface area (Å²) in [6.45, 7) is 7.69. The third kappa shape index (κ3) is 4.79. The number of anilines is 1. The first-order valence-corrected chi connectivity index (χ1v) is 9.88. The van der Waals surface area contributed by atoms with Gasteiger partial charge in [-0.25, -0.2) is 4.98 Å². The lowest BCUT2D eigenvalue weighted by Crippen LogP contribution is -2.37. The average Bonchev–Trinajstić information content (AvgIpc) is 2.72. The maximum Gasteiger partial charge on any atom is 0.253 e. The highest BCUT2D eigenvalue weighted by Gasteiger charge is 2.20. The van der Waals surface area contributed by atoms with Crippen LogP contribution in [0.2, 0.25) is 5.02 Å². The topological polar surface area (TPSA) is 54.5 Å². The van der Waals surface area contributed by atoms with Crippen LogP contribution in [0.3, 0.4) is 0 Å². The highest BCUT2D eigenvalue weighted by molar-refractivity contribution is 6.30. The SMILES string of the molecule is CCc1cc(N2CCOCC2)nc(CC)c1C(=O)NCc1ccc(Cl)cc1. The highest BCUT2D eigenvalue weighted by atomic mass is 35.5. The standard InChI is InChI=1S/C21H26ClN3O2/c1-3-16-13-19(25-9-11-27-12-10-25)24-18(4-2)20(16)21(26)23-14-15-5-7-17(22)8-6-15/h5-8,13H,3-4,9-12,14H2,1-2H3,(H,23,26). The number of carbonyl (C=O) groups is 1. The van der Waals surface area contributed by atoms with Gasteiger partial charge in [0.2, 0.25) is 0 Å². The second-order valence-corrected chi connectivity index (χ2v) is 7.01. The fourth-order valence-electron chi connectivity index (χ4n) is 3.28. The quantitative estimate of drug-likeness (QED) is 0.822. The van der Waals surface area contributed by atoms with Crippen molar-refractivity contribution < 1.29 is 9.53 Å². The van der Waals surface area contributed by atoms with Gasteiger partial charge in [0.15, 0.2) is 0 Å². The molecule has 2 aromatic rings. The lowest BCUT2D eigenvalue weighted by Gasteiger charge is -2.29.